The molecule has 1 heterocycles. The van der Waals surface area contributed by atoms with Gasteiger partial charge in [-0.3, -0.25) is 0 Å². The summed E-state index contributed by atoms with van der Waals surface area (Å²) in [4.78, 5) is 11.2. The molecule has 1 aromatic carbocycles. The molecule has 17 heavy (non-hydrogen) atoms. The van der Waals surface area contributed by atoms with Gasteiger partial charge in [-0.15, -0.1) is 0 Å². The third-order valence-electron chi connectivity index (χ3n) is 2.62. The Morgan fingerprint density at radius 1 is 1.35 bits per heavy atom. The van der Waals surface area contributed by atoms with E-state index in [4.69, 9.17) is 4.42 Å². The fraction of sp³-hybridized carbons (Fsp3) is 0.154. The lowest BCUT2D eigenvalue weighted by Crippen LogP contribution is -2.00. The monoisotopic (exact) mass is 294 g/mol. The maximum atomic E-state index is 11.2. The van der Waals surface area contributed by atoms with Crippen molar-refractivity contribution in [2.75, 3.05) is 0 Å². The Hall–Kier alpha value is -1.55. The van der Waals surface area contributed by atoms with Gasteiger partial charge in [-0.25, -0.2) is 4.79 Å². The molecule has 0 aliphatic carbocycles. The average molecular weight is 295 g/mol. The second kappa shape index (κ2) is 4.75. The Balaban J connectivity index is 2.65. The number of carboxylic acid groups (broad SMARTS) is 1. The van der Waals surface area contributed by atoms with Crippen LogP contribution in [0.5, 0.6) is 0 Å². The van der Waals surface area contributed by atoms with E-state index >= 15 is 0 Å². The van der Waals surface area contributed by atoms with Gasteiger partial charge in [0.1, 0.15) is 5.76 Å². The normalized spacial score (nSPS) is 10.5. The molecule has 0 aliphatic heterocycles. The summed E-state index contributed by atoms with van der Waals surface area (Å²) in [5.41, 5.74) is 2.84. The van der Waals surface area contributed by atoms with Gasteiger partial charge in [0.05, 0.1) is 11.8 Å². The van der Waals surface area contributed by atoms with Gasteiger partial charge in [0.2, 0.25) is 0 Å². The molecule has 4 heteroatoms. The minimum atomic E-state index is -0.929. The lowest BCUT2D eigenvalue weighted by molar-refractivity contribution is 0.0698. The number of benzene rings is 1. The topological polar surface area (TPSA) is 50.4 Å². The van der Waals surface area contributed by atoms with E-state index in [1.54, 1.807) is 24.5 Å². The van der Waals surface area contributed by atoms with Crippen LogP contribution in [0.3, 0.4) is 0 Å². The number of aromatic carboxylic acids is 1. The summed E-state index contributed by atoms with van der Waals surface area (Å²) in [7, 11) is 0. The average Bonchev–Trinajstić information content (AvgIpc) is 2.74. The maximum Gasteiger partial charge on any atom is 0.336 e. The van der Waals surface area contributed by atoms with Gasteiger partial charge in [0.15, 0.2) is 0 Å². The molecule has 0 fully saturated rings. The van der Waals surface area contributed by atoms with Crippen molar-refractivity contribution in [1.82, 2.24) is 0 Å². The molecule has 2 rings (SSSR count). The van der Waals surface area contributed by atoms with Crippen LogP contribution < -0.4 is 0 Å². The highest BCUT2D eigenvalue weighted by Gasteiger charge is 2.15. The smallest absolute Gasteiger partial charge is 0.336 e. The van der Waals surface area contributed by atoms with Crippen molar-refractivity contribution in [2.24, 2.45) is 0 Å². The Morgan fingerprint density at radius 3 is 2.65 bits per heavy atom. The van der Waals surface area contributed by atoms with Gasteiger partial charge in [-0.1, -0.05) is 22.0 Å². The van der Waals surface area contributed by atoms with Crippen molar-refractivity contribution in [3.63, 3.8) is 0 Å². The van der Waals surface area contributed by atoms with Crippen molar-refractivity contribution in [2.45, 2.75) is 12.3 Å². The van der Waals surface area contributed by atoms with Gasteiger partial charge in [-0.2, -0.15) is 0 Å². The highest BCUT2D eigenvalue weighted by atomic mass is 79.9. The molecule has 0 radical (unpaired) electrons. The molecule has 3 nitrogen and oxygen atoms in total. The van der Waals surface area contributed by atoms with E-state index in [9.17, 15) is 9.90 Å². The van der Waals surface area contributed by atoms with Gasteiger partial charge < -0.3 is 9.52 Å². The van der Waals surface area contributed by atoms with Crippen LogP contribution in [0, 0.1) is 6.92 Å². The number of halogens is 1. The Bertz CT molecular complexity index is 558. The summed E-state index contributed by atoms with van der Waals surface area (Å²) in [6.45, 7) is 1.82. The minimum absolute atomic E-state index is 0.291. The standard InChI is InChI=1S/C13H11BrO3/c1-8-10(4-5-17-8)12-6-9(7-14)2-3-11(12)13(15)16/h2-6H,7H2,1H3,(H,15,16). The molecule has 0 amide bonds. The summed E-state index contributed by atoms with van der Waals surface area (Å²) in [6.07, 6.45) is 1.57. The highest BCUT2D eigenvalue weighted by molar-refractivity contribution is 9.08. The minimum Gasteiger partial charge on any atom is -0.478 e. The van der Waals surface area contributed by atoms with E-state index < -0.39 is 5.97 Å². The first-order valence-electron chi connectivity index (χ1n) is 5.10. The van der Waals surface area contributed by atoms with Crippen LogP contribution in [0.4, 0.5) is 0 Å². The van der Waals surface area contributed by atoms with Crippen LogP contribution in [0.1, 0.15) is 21.7 Å². The predicted octanol–water partition coefficient (Wildman–Crippen LogP) is 3.85. The first kappa shape index (κ1) is 11.9. The lowest BCUT2D eigenvalue weighted by atomic mass is 9.98. The zero-order chi connectivity index (χ0) is 12.4. The lowest BCUT2D eigenvalue weighted by Gasteiger charge is -2.07. The number of rotatable bonds is 3. The second-order valence-corrected chi connectivity index (χ2v) is 4.27. The Labute approximate surface area is 107 Å². The van der Waals surface area contributed by atoms with Crippen LogP contribution in [0.25, 0.3) is 11.1 Å². The SMILES string of the molecule is Cc1occc1-c1cc(CBr)ccc1C(=O)O. The summed E-state index contributed by atoms with van der Waals surface area (Å²) in [5, 5.41) is 9.87. The van der Waals surface area contributed by atoms with E-state index in [0.717, 1.165) is 16.9 Å². The fourth-order valence-corrected chi connectivity index (χ4v) is 2.10. The Morgan fingerprint density at radius 2 is 2.12 bits per heavy atom. The number of carbonyl (C=O) groups is 1. The molecule has 1 N–H and O–H groups in total. The van der Waals surface area contributed by atoms with Crippen LogP contribution in [0.15, 0.2) is 34.9 Å². The number of furan rings is 1. The predicted molar refractivity (Wildman–Crippen MR) is 68.5 cm³/mol. The van der Waals surface area contributed by atoms with Crippen molar-refractivity contribution in [1.29, 1.82) is 0 Å². The molecular formula is C13H11BrO3. The van der Waals surface area contributed by atoms with E-state index in [1.165, 1.54) is 0 Å². The Kier molecular flexibility index (Phi) is 3.33. The van der Waals surface area contributed by atoms with Crippen molar-refractivity contribution in [3.8, 4) is 11.1 Å². The van der Waals surface area contributed by atoms with Gasteiger partial charge in [0, 0.05) is 10.9 Å². The number of hydrogen-bond acceptors (Lipinski definition) is 2. The zero-order valence-electron chi connectivity index (χ0n) is 9.24. The third kappa shape index (κ3) is 2.26. The van der Waals surface area contributed by atoms with Gasteiger partial charge in [0.25, 0.3) is 0 Å². The summed E-state index contributed by atoms with van der Waals surface area (Å²) in [6, 6.07) is 7.09. The van der Waals surface area contributed by atoms with Crippen LogP contribution in [-0.4, -0.2) is 11.1 Å². The molecule has 0 saturated carbocycles. The molecule has 0 atom stereocenters. The van der Waals surface area contributed by atoms with E-state index in [0.29, 0.717) is 16.5 Å². The second-order valence-electron chi connectivity index (χ2n) is 3.71. The number of carboxylic acids is 1. The van der Waals surface area contributed by atoms with E-state index in [2.05, 4.69) is 15.9 Å². The number of hydrogen-bond donors (Lipinski definition) is 1. The zero-order valence-corrected chi connectivity index (χ0v) is 10.8. The van der Waals surface area contributed by atoms with Gasteiger partial charge in [-0.05, 0) is 36.2 Å². The van der Waals surface area contributed by atoms with Crippen LogP contribution in [0.2, 0.25) is 0 Å². The maximum absolute atomic E-state index is 11.2. The third-order valence-corrected chi connectivity index (χ3v) is 3.27. The van der Waals surface area contributed by atoms with E-state index in [-0.39, 0.29) is 0 Å². The van der Waals surface area contributed by atoms with Crippen molar-refractivity contribution in [3.05, 3.63) is 47.4 Å². The quantitative estimate of drug-likeness (QED) is 0.875. The molecule has 0 aliphatic rings. The highest BCUT2D eigenvalue weighted by Crippen LogP contribution is 2.29. The molecule has 2 aromatic rings. The summed E-state index contributed by atoms with van der Waals surface area (Å²) < 4.78 is 5.22. The molecule has 0 bridgehead atoms. The first-order valence-corrected chi connectivity index (χ1v) is 6.22. The first-order chi connectivity index (χ1) is 8.13. The summed E-state index contributed by atoms with van der Waals surface area (Å²) >= 11 is 3.36. The molecule has 0 saturated heterocycles. The molecular weight excluding hydrogens is 284 g/mol. The van der Waals surface area contributed by atoms with E-state index in [1.807, 2.05) is 13.0 Å². The van der Waals surface area contributed by atoms with Crippen molar-refractivity contribution >= 4 is 21.9 Å². The number of alkyl halides is 1. The summed E-state index contributed by atoms with van der Waals surface area (Å²) in [5.74, 6) is -0.207. The van der Waals surface area contributed by atoms with Crippen LogP contribution in [-0.2, 0) is 5.33 Å². The number of aryl methyl sites for hydroxylation is 1. The molecule has 0 spiro atoms. The van der Waals surface area contributed by atoms with Crippen LogP contribution >= 0.6 is 15.9 Å². The molecule has 88 valence electrons. The fourth-order valence-electron chi connectivity index (χ4n) is 1.75. The molecule has 1 aromatic heterocycles. The van der Waals surface area contributed by atoms with Crippen molar-refractivity contribution < 1.29 is 14.3 Å². The molecule has 0 unspecified atom stereocenters. The largest absolute Gasteiger partial charge is 0.478 e. The van der Waals surface area contributed by atoms with Gasteiger partial charge >= 0.3 is 5.97 Å².